The molecule has 0 radical (unpaired) electrons. The van der Waals surface area contributed by atoms with Gasteiger partial charge in [-0.25, -0.2) is 4.99 Å². The van der Waals surface area contributed by atoms with E-state index < -0.39 is 0 Å². The molecule has 2 N–H and O–H groups in total. The summed E-state index contributed by atoms with van der Waals surface area (Å²) in [7, 11) is 5.33. The van der Waals surface area contributed by atoms with E-state index in [0.29, 0.717) is 18.9 Å². The van der Waals surface area contributed by atoms with Crippen LogP contribution in [-0.2, 0) is 24.8 Å². The Kier molecular flexibility index (Phi) is 8.47. The molecule has 0 bridgehead atoms. The second-order valence-corrected chi connectivity index (χ2v) is 8.19. The zero-order valence-electron chi connectivity index (χ0n) is 19.6. The van der Waals surface area contributed by atoms with Crippen LogP contribution in [0.25, 0.3) is 0 Å². The number of benzene rings is 1. The lowest BCUT2D eigenvalue weighted by Gasteiger charge is -2.34. The minimum absolute atomic E-state index is 0.118. The van der Waals surface area contributed by atoms with Crippen molar-refractivity contribution in [3.63, 3.8) is 0 Å². The van der Waals surface area contributed by atoms with E-state index in [1.165, 1.54) is 5.56 Å². The van der Waals surface area contributed by atoms with Gasteiger partial charge in [0, 0.05) is 40.2 Å². The van der Waals surface area contributed by atoms with Gasteiger partial charge in [-0.1, -0.05) is 12.1 Å². The average Bonchev–Trinajstić information content (AvgIpc) is 3.14. The van der Waals surface area contributed by atoms with Gasteiger partial charge >= 0.3 is 0 Å². The summed E-state index contributed by atoms with van der Waals surface area (Å²) in [5, 5.41) is 14.6. The van der Waals surface area contributed by atoms with Gasteiger partial charge in [0.1, 0.15) is 18.1 Å². The van der Waals surface area contributed by atoms with E-state index in [-0.39, 0.29) is 5.91 Å². The Morgan fingerprint density at radius 1 is 1.22 bits per heavy atom. The highest BCUT2D eigenvalue weighted by Gasteiger charge is 2.23. The van der Waals surface area contributed by atoms with Gasteiger partial charge in [-0.3, -0.25) is 4.79 Å². The fourth-order valence-corrected chi connectivity index (χ4v) is 3.83. The Bertz CT molecular complexity index is 900. The number of rotatable bonds is 8. The zero-order valence-corrected chi connectivity index (χ0v) is 19.6. The Balaban J connectivity index is 1.62. The quantitative estimate of drug-likeness (QED) is 0.478. The van der Waals surface area contributed by atoms with E-state index in [4.69, 9.17) is 9.73 Å². The van der Waals surface area contributed by atoms with Crippen LogP contribution in [0.15, 0.2) is 29.3 Å². The van der Waals surface area contributed by atoms with E-state index in [0.717, 1.165) is 62.3 Å². The molecule has 1 fully saturated rings. The highest BCUT2D eigenvalue weighted by Crippen LogP contribution is 2.20. The van der Waals surface area contributed by atoms with Gasteiger partial charge in [0.25, 0.3) is 0 Å². The molecule has 1 aliphatic heterocycles. The van der Waals surface area contributed by atoms with Gasteiger partial charge in [-0.15, -0.1) is 10.2 Å². The number of amides is 1. The number of aromatic nitrogens is 3. The largest absolute Gasteiger partial charge is 0.497 e. The van der Waals surface area contributed by atoms with E-state index >= 15 is 0 Å². The lowest BCUT2D eigenvalue weighted by atomic mass is 9.93. The van der Waals surface area contributed by atoms with Crippen LogP contribution in [0.2, 0.25) is 0 Å². The maximum atomic E-state index is 11.7. The summed E-state index contributed by atoms with van der Waals surface area (Å²) in [6.45, 7) is 4.95. The van der Waals surface area contributed by atoms with Crippen molar-refractivity contribution in [3.8, 4) is 5.75 Å². The maximum Gasteiger partial charge on any atom is 0.220 e. The van der Waals surface area contributed by atoms with Crippen molar-refractivity contribution in [2.24, 2.45) is 18.0 Å². The monoisotopic (exact) mass is 441 g/mol. The smallest absolute Gasteiger partial charge is 0.220 e. The number of hydrogen-bond donors (Lipinski definition) is 2. The molecular formula is C23H35N7O2. The van der Waals surface area contributed by atoms with Crippen molar-refractivity contribution < 1.29 is 9.53 Å². The van der Waals surface area contributed by atoms with Crippen molar-refractivity contribution in [1.82, 2.24) is 30.3 Å². The predicted octanol–water partition coefficient (Wildman–Crippen LogP) is 1.67. The van der Waals surface area contributed by atoms with Gasteiger partial charge in [0.05, 0.1) is 7.11 Å². The van der Waals surface area contributed by atoms with Crippen LogP contribution in [0.1, 0.15) is 36.5 Å². The fraction of sp³-hybridized carbons (Fsp3) is 0.565. The minimum atomic E-state index is 0.118. The first-order valence-electron chi connectivity index (χ1n) is 11.2. The molecule has 9 nitrogen and oxygen atoms in total. The third kappa shape index (κ3) is 6.45. The number of guanidine groups is 1. The van der Waals surface area contributed by atoms with Gasteiger partial charge in [0.15, 0.2) is 11.8 Å². The second-order valence-electron chi connectivity index (χ2n) is 8.19. The summed E-state index contributed by atoms with van der Waals surface area (Å²) in [5.41, 5.74) is 1.24. The summed E-state index contributed by atoms with van der Waals surface area (Å²) in [6.07, 6.45) is 3.45. The number of methoxy groups -OCH3 is 1. The normalized spacial score (nSPS) is 15.0. The second kappa shape index (κ2) is 11.5. The van der Waals surface area contributed by atoms with Crippen molar-refractivity contribution in [2.75, 3.05) is 33.8 Å². The number of carbonyl (C=O) groups excluding carboxylic acids is 1. The molecule has 174 valence electrons. The molecular weight excluding hydrogens is 406 g/mol. The van der Waals surface area contributed by atoms with Crippen LogP contribution in [-0.4, -0.2) is 65.3 Å². The number of nitrogens with one attached hydrogen (secondary N) is 2. The predicted molar refractivity (Wildman–Crippen MR) is 125 cm³/mol. The maximum absolute atomic E-state index is 11.7. The fourth-order valence-electron chi connectivity index (χ4n) is 3.83. The summed E-state index contributed by atoms with van der Waals surface area (Å²) < 4.78 is 7.20. The summed E-state index contributed by atoms with van der Waals surface area (Å²) in [5.74, 6) is 4.01. The number of hydrogen-bond acceptors (Lipinski definition) is 5. The molecule has 32 heavy (non-hydrogen) atoms. The molecule has 0 aliphatic carbocycles. The van der Waals surface area contributed by atoms with Gasteiger partial charge in [0.2, 0.25) is 5.91 Å². The van der Waals surface area contributed by atoms with Crippen LogP contribution in [0.4, 0.5) is 0 Å². The van der Waals surface area contributed by atoms with Crippen molar-refractivity contribution in [1.29, 1.82) is 0 Å². The first kappa shape index (κ1) is 23.6. The third-order valence-corrected chi connectivity index (χ3v) is 6.08. The molecule has 1 aliphatic rings. The third-order valence-electron chi connectivity index (χ3n) is 6.08. The molecule has 3 rings (SSSR count). The SMILES string of the molecule is CNC(=O)CC1CCN(C(=NCc2nnc(C)n2C)NCCc2ccc(OC)cc2)CC1. The van der Waals surface area contributed by atoms with Crippen molar-refractivity contribution >= 4 is 11.9 Å². The van der Waals surface area contributed by atoms with Crippen LogP contribution in [0.3, 0.4) is 0 Å². The van der Waals surface area contributed by atoms with Gasteiger partial charge in [-0.2, -0.15) is 0 Å². The Morgan fingerprint density at radius 3 is 2.53 bits per heavy atom. The molecule has 9 heteroatoms. The van der Waals surface area contributed by atoms with E-state index in [1.54, 1.807) is 14.2 Å². The summed E-state index contributed by atoms with van der Waals surface area (Å²) >= 11 is 0. The number of nitrogens with zero attached hydrogens (tertiary/aromatic N) is 5. The van der Waals surface area contributed by atoms with E-state index in [2.05, 4.69) is 37.9 Å². The van der Waals surface area contributed by atoms with Gasteiger partial charge in [-0.05, 0) is 49.8 Å². The van der Waals surface area contributed by atoms with Crippen LogP contribution in [0, 0.1) is 12.8 Å². The number of aliphatic imine (C=N–C) groups is 1. The van der Waals surface area contributed by atoms with E-state index in [1.807, 2.05) is 30.7 Å². The molecule has 0 saturated carbocycles. The number of piperidine rings is 1. The molecule has 2 aromatic rings. The highest BCUT2D eigenvalue weighted by molar-refractivity contribution is 5.80. The summed E-state index contributed by atoms with van der Waals surface area (Å²) in [4.78, 5) is 18.9. The number of carbonyl (C=O) groups is 1. The molecule has 0 atom stereocenters. The molecule has 0 unspecified atom stereocenters. The standard InChI is InChI=1S/C23H35N7O2/c1-17-27-28-21(29(17)3)16-26-23(25-12-9-18-5-7-20(32-4)8-6-18)30-13-10-19(11-14-30)15-22(31)24-2/h5-8,19H,9-16H2,1-4H3,(H,24,31)(H,25,26). The Morgan fingerprint density at radius 2 is 1.94 bits per heavy atom. The molecule has 1 aromatic heterocycles. The zero-order chi connectivity index (χ0) is 22.9. The highest BCUT2D eigenvalue weighted by atomic mass is 16.5. The molecule has 1 saturated heterocycles. The average molecular weight is 442 g/mol. The van der Waals surface area contributed by atoms with Gasteiger partial charge < -0.3 is 24.8 Å². The van der Waals surface area contributed by atoms with E-state index in [9.17, 15) is 4.79 Å². The topological polar surface area (TPSA) is 96.7 Å². The van der Waals surface area contributed by atoms with Crippen LogP contribution < -0.4 is 15.4 Å². The van der Waals surface area contributed by atoms with Crippen LogP contribution in [0.5, 0.6) is 5.75 Å². The molecule has 1 aromatic carbocycles. The first-order chi connectivity index (χ1) is 15.5. The molecule has 2 heterocycles. The lowest BCUT2D eigenvalue weighted by molar-refractivity contribution is -0.121. The lowest BCUT2D eigenvalue weighted by Crippen LogP contribution is -2.46. The number of aryl methyl sites for hydroxylation is 1. The summed E-state index contributed by atoms with van der Waals surface area (Å²) in [6, 6.07) is 8.14. The Hall–Kier alpha value is -3.10. The number of ether oxygens (including phenoxy) is 1. The Labute approximate surface area is 190 Å². The van der Waals surface area contributed by atoms with Crippen molar-refractivity contribution in [2.45, 2.75) is 39.2 Å². The van der Waals surface area contributed by atoms with Crippen LogP contribution >= 0.6 is 0 Å². The minimum Gasteiger partial charge on any atom is -0.497 e. The first-order valence-corrected chi connectivity index (χ1v) is 11.2. The molecule has 1 amide bonds. The number of likely N-dealkylation sites (tertiary alicyclic amines) is 1. The van der Waals surface area contributed by atoms with Crippen molar-refractivity contribution in [3.05, 3.63) is 41.5 Å². The molecule has 0 spiro atoms.